The Hall–Kier alpha value is -0.950. The van der Waals surface area contributed by atoms with Gasteiger partial charge in [-0.3, -0.25) is 0 Å². The van der Waals surface area contributed by atoms with Crippen molar-refractivity contribution in [3.05, 3.63) is 29.8 Å². The Morgan fingerprint density at radius 2 is 1.90 bits per heavy atom. The number of ether oxygens (including phenoxy) is 1. The molecule has 0 aliphatic heterocycles. The normalized spacial score (nSPS) is 22.0. The molecule has 0 bridgehead atoms. The Kier molecular flexibility index (Phi) is 5.75. The Morgan fingerprint density at radius 1 is 1.24 bits per heavy atom. The Labute approximate surface area is 127 Å². The van der Waals surface area contributed by atoms with E-state index in [1.165, 1.54) is 0 Å². The molecule has 0 radical (unpaired) electrons. The summed E-state index contributed by atoms with van der Waals surface area (Å²) < 4.78 is 32.4. The highest BCUT2D eigenvalue weighted by molar-refractivity contribution is 7.89. The van der Waals surface area contributed by atoms with Crippen molar-refractivity contribution in [2.24, 2.45) is 0 Å². The molecule has 2 rings (SSSR count). The van der Waals surface area contributed by atoms with Crippen LogP contribution in [-0.2, 0) is 21.2 Å². The van der Waals surface area contributed by atoms with Gasteiger partial charge in [0.25, 0.3) is 0 Å². The molecule has 21 heavy (non-hydrogen) atoms. The quantitative estimate of drug-likeness (QED) is 0.710. The third-order valence-electron chi connectivity index (χ3n) is 3.82. The highest BCUT2D eigenvalue weighted by Gasteiger charge is 2.32. The molecule has 1 fully saturated rings. The van der Waals surface area contributed by atoms with Gasteiger partial charge in [-0.2, -0.15) is 0 Å². The minimum atomic E-state index is -3.42. The van der Waals surface area contributed by atoms with Crippen molar-refractivity contribution in [2.45, 2.75) is 43.2 Å². The van der Waals surface area contributed by atoms with E-state index >= 15 is 0 Å². The summed E-state index contributed by atoms with van der Waals surface area (Å²) in [5.41, 5.74) is 1.14. The maximum atomic E-state index is 12.2. The van der Waals surface area contributed by atoms with Crippen LogP contribution in [0.3, 0.4) is 0 Å². The number of rotatable bonds is 8. The van der Waals surface area contributed by atoms with Crippen LogP contribution in [0.2, 0.25) is 0 Å². The van der Waals surface area contributed by atoms with E-state index in [9.17, 15) is 8.42 Å². The van der Waals surface area contributed by atoms with E-state index in [-0.39, 0.29) is 12.1 Å². The van der Waals surface area contributed by atoms with Crippen molar-refractivity contribution in [1.82, 2.24) is 10.0 Å². The van der Waals surface area contributed by atoms with Crippen LogP contribution in [-0.4, -0.2) is 40.8 Å². The zero-order valence-corrected chi connectivity index (χ0v) is 13.4. The number of methoxy groups -OCH3 is 1. The fourth-order valence-electron chi connectivity index (χ4n) is 2.39. The largest absolute Gasteiger partial charge is 0.381 e. The van der Waals surface area contributed by atoms with Gasteiger partial charge >= 0.3 is 0 Å². The summed E-state index contributed by atoms with van der Waals surface area (Å²) in [6, 6.07) is 7.11. The summed E-state index contributed by atoms with van der Waals surface area (Å²) >= 11 is 0. The van der Waals surface area contributed by atoms with Gasteiger partial charge in [0, 0.05) is 13.2 Å². The molecule has 5 nitrogen and oxygen atoms in total. The van der Waals surface area contributed by atoms with Gasteiger partial charge in [-0.1, -0.05) is 19.1 Å². The lowest BCUT2D eigenvalue weighted by Gasteiger charge is -2.34. The minimum absolute atomic E-state index is 0.00613. The van der Waals surface area contributed by atoms with Crippen molar-refractivity contribution >= 4 is 10.0 Å². The van der Waals surface area contributed by atoms with E-state index in [4.69, 9.17) is 4.74 Å². The van der Waals surface area contributed by atoms with Crippen molar-refractivity contribution in [1.29, 1.82) is 0 Å². The smallest absolute Gasteiger partial charge is 0.240 e. The molecular weight excluding hydrogens is 288 g/mol. The van der Waals surface area contributed by atoms with Gasteiger partial charge in [0.1, 0.15) is 0 Å². The van der Waals surface area contributed by atoms with Crippen molar-refractivity contribution < 1.29 is 13.2 Å². The van der Waals surface area contributed by atoms with Gasteiger partial charge in [0.2, 0.25) is 10.0 Å². The van der Waals surface area contributed by atoms with Crippen molar-refractivity contribution in [2.75, 3.05) is 20.2 Å². The highest BCUT2D eigenvalue weighted by Crippen LogP contribution is 2.24. The molecule has 1 aliphatic carbocycles. The molecule has 0 amide bonds. The Morgan fingerprint density at radius 3 is 2.48 bits per heavy atom. The van der Waals surface area contributed by atoms with Gasteiger partial charge < -0.3 is 10.1 Å². The summed E-state index contributed by atoms with van der Waals surface area (Å²) in [5, 5.41) is 3.25. The van der Waals surface area contributed by atoms with Crippen LogP contribution in [0.15, 0.2) is 29.2 Å². The standard InChI is InChI=1S/C15H24N2O3S/c1-3-16-9-8-12-4-6-15(7-5-12)21(18,19)17-13-10-14(11-13)20-2/h4-7,13-14,16-17H,3,8-11H2,1-2H3. The van der Waals surface area contributed by atoms with E-state index in [2.05, 4.69) is 17.0 Å². The first-order chi connectivity index (χ1) is 10.0. The first kappa shape index (κ1) is 16.4. The number of sulfonamides is 1. The number of benzene rings is 1. The maximum absolute atomic E-state index is 12.2. The summed E-state index contributed by atoms with van der Waals surface area (Å²) in [5.74, 6) is 0. The highest BCUT2D eigenvalue weighted by atomic mass is 32.2. The number of hydrogen-bond acceptors (Lipinski definition) is 4. The van der Waals surface area contributed by atoms with Crippen LogP contribution >= 0.6 is 0 Å². The fourth-order valence-corrected chi connectivity index (χ4v) is 3.65. The zero-order valence-electron chi connectivity index (χ0n) is 12.6. The molecule has 0 unspecified atom stereocenters. The van der Waals surface area contributed by atoms with Crippen LogP contribution in [0.5, 0.6) is 0 Å². The lowest BCUT2D eigenvalue weighted by molar-refractivity contribution is 0.0236. The molecule has 118 valence electrons. The number of likely N-dealkylation sites (N-methyl/N-ethyl adjacent to an activating group) is 1. The van der Waals surface area contributed by atoms with Gasteiger partial charge in [0.15, 0.2) is 0 Å². The molecule has 1 aromatic carbocycles. The van der Waals surface area contributed by atoms with Gasteiger partial charge in [-0.15, -0.1) is 0 Å². The van der Waals surface area contributed by atoms with Gasteiger partial charge in [-0.05, 0) is 50.0 Å². The molecule has 6 heteroatoms. The second kappa shape index (κ2) is 7.35. The second-order valence-corrected chi connectivity index (χ2v) is 7.11. The summed E-state index contributed by atoms with van der Waals surface area (Å²) in [4.78, 5) is 0.329. The number of hydrogen-bond donors (Lipinski definition) is 2. The molecule has 1 aliphatic rings. The van der Waals surface area contributed by atoms with Gasteiger partial charge in [-0.25, -0.2) is 13.1 Å². The van der Waals surface area contributed by atoms with Crippen molar-refractivity contribution in [3.8, 4) is 0 Å². The topological polar surface area (TPSA) is 67.4 Å². The van der Waals surface area contributed by atoms with Gasteiger partial charge in [0.05, 0.1) is 11.0 Å². The average molecular weight is 312 g/mol. The van der Waals surface area contributed by atoms with E-state index in [0.29, 0.717) is 4.90 Å². The summed E-state index contributed by atoms with van der Waals surface area (Å²) in [6.07, 6.45) is 2.58. The number of nitrogens with one attached hydrogen (secondary N) is 2. The zero-order chi connectivity index (χ0) is 15.3. The molecule has 0 spiro atoms. The Balaban J connectivity index is 1.91. The summed E-state index contributed by atoms with van der Waals surface area (Å²) in [7, 11) is -1.76. The molecule has 0 heterocycles. The maximum Gasteiger partial charge on any atom is 0.240 e. The van der Waals surface area contributed by atoms with Crippen LogP contribution in [0.25, 0.3) is 0 Å². The van der Waals surface area contributed by atoms with Crippen LogP contribution < -0.4 is 10.0 Å². The molecule has 2 N–H and O–H groups in total. The average Bonchev–Trinajstić information content (AvgIpc) is 2.43. The van der Waals surface area contributed by atoms with Crippen LogP contribution in [0.4, 0.5) is 0 Å². The lowest BCUT2D eigenvalue weighted by Crippen LogP contribution is -2.47. The van der Waals surface area contributed by atoms with Crippen LogP contribution in [0.1, 0.15) is 25.3 Å². The van der Waals surface area contributed by atoms with E-state index in [1.807, 2.05) is 12.1 Å². The molecule has 0 aromatic heterocycles. The van der Waals surface area contributed by atoms with Crippen molar-refractivity contribution in [3.63, 3.8) is 0 Å². The van der Waals surface area contributed by atoms with Crippen LogP contribution in [0, 0.1) is 0 Å². The molecule has 0 atom stereocenters. The van der Waals surface area contributed by atoms with E-state index in [1.54, 1.807) is 19.2 Å². The van der Waals surface area contributed by atoms with E-state index in [0.717, 1.165) is 37.9 Å². The molecule has 1 aromatic rings. The second-order valence-electron chi connectivity index (χ2n) is 5.39. The van der Waals surface area contributed by atoms with E-state index < -0.39 is 10.0 Å². The first-order valence-electron chi connectivity index (χ1n) is 7.40. The Bertz CT molecular complexity index is 537. The molecular formula is C15H24N2O3S. The molecule has 0 saturated heterocycles. The minimum Gasteiger partial charge on any atom is -0.381 e. The monoisotopic (exact) mass is 312 g/mol. The SMILES string of the molecule is CCNCCc1ccc(S(=O)(=O)NC2CC(OC)C2)cc1. The predicted octanol–water partition coefficient (Wildman–Crippen LogP) is 1.29. The molecule has 1 saturated carbocycles. The summed E-state index contributed by atoms with van der Waals surface area (Å²) in [6.45, 7) is 3.91. The lowest BCUT2D eigenvalue weighted by atomic mass is 9.90. The third-order valence-corrected chi connectivity index (χ3v) is 5.36. The first-order valence-corrected chi connectivity index (χ1v) is 8.88. The fraction of sp³-hybridized carbons (Fsp3) is 0.600. The third kappa shape index (κ3) is 4.51. The predicted molar refractivity (Wildman–Crippen MR) is 82.8 cm³/mol.